The first-order chi connectivity index (χ1) is 2.89. The number of hydrogen-bond acceptors (Lipinski definition) is 3. The van der Waals surface area contributed by atoms with Crippen LogP contribution in [0.5, 0.6) is 0 Å². The smallest absolute Gasteiger partial charge is 0.0262 e. The van der Waals surface area contributed by atoms with Gasteiger partial charge in [-0.05, 0) is 0 Å². The molecule has 43 valence electrons. The Hall–Kier alpha value is 0.664. The third-order valence-electron chi connectivity index (χ3n) is 0.426. The van der Waals surface area contributed by atoms with Crippen LogP contribution in [-0.2, 0) is 32.7 Å². The number of rotatable bonds is 0. The van der Waals surface area contributed by atoms with Crippen molar-refractivity contribution in [2.45, 2.75) is 14.4 Å². The quantitative estimate of drug-likeness (QED) is 0.595. The van der Waals surface area contributed by atoms with Gasteiger partial charge in [-0.3, -0.25) is 0 Å². The molecule has 4 heteroatoms. The molecule has 0 aliphatic heterocycles. The van der Waals surface area contributed by atoms with Crippen molar-refractivity contribution in [2.75, 3.05) is 0 Å². The van der Waals surface area contributed by atoms with Gasteiger partial charge in [-0.2, -0.15) is 0 Å². The van der Waals surface area contributed by atoms with Crippen LogP contribution in [0.1, 0.15) is 13.1 Å². The SMILES string of the molecule is C.Cc1[c-]nsn1.[Y]. The maximum atomic E-state index is 3.79. The van der Waals surface area contributed by atoms with E-state index in [0.717, 1.165) is 5.69 Å². The Morgan fingerprint density at radius 2 is 2.25 bits per heavy atom. The molecule has 1 radical (unpaired) electrons. The summed E-state index contributed by atoms with van der Waals surface area (Å²) >= 11 is 1.18. The van der Waals surface area contributed by atoms with Gasteiger partial charge in [0.1, 0.15) is 0 Å². The summed E-state index contributed by atoms with van der Waals surface area (Å²) in [7, 11) is 0. The predicted molar refractivity (Wildman–Crippen MR) is 30.2 cm³/mol. The third-order valence-corrected chi connectivity index (χ3v) is 0.954. The van der Waals surface area contributed by atoms with E-state index in [1.165, 1.54) is 11.7 Å². The van der Waals surface area contributed by atoms with Crippen molar-refractivity contribution >= 4 is 11.7 Å². The first-order valence-electron chi connectivity index (χ1n) is 1.56. The minimum Gasteiger partial charge on any atom is -0.394 e. The average molecular weight is 204 g/mol. The number of nitrogens with zero attached hydrogens (tertiary/aromatic N) is 2. The first kappa shape index (κ1) is 11.5. The number of hydrogen-bond donors (Lipinski definition) is 0. The second-order valence-electron chi connectivity index (χ2n) is 0.961. The fraction of sp³-hybridized carbons (Fsp3) is 0.500. The standard InChI is InChI=1S/C3H3N2S.CH4.Y/c1-3-2-4-6-5-3;;/h1H3;1H4;/q-1;;. The minimum atomic E-state index is 0. The zero-order valence-corrected chi connectivity index (χ0v) is 7.53. The van der Waals surface area contributed by atoms with Crippen molar-refractivity contribution < 1.29 is 32.7 Å². The largest absolute Gasteiger partial charge is 0.394 e. The summed E-state index contributed by atoms with van der Waals surface area (Å²) in [5, 5.41) is 0. The fourth-order valence-electron chi connectivity index (χ4n) is 0.189. The Bertz CT molecular complexity index is 118. The van der Waals surface area contributed by atoms with Crippen LogP contribution in [0.3, 0.4) is 0 Å². The molecular weight excluding hydrogens is 197 g/mol. The van der Waals surface area contributed by atoms with Gasteiger partial charge in [0, 0.05) is 44.4 Å². The summed E-state index contributed by atoms with van der Waals surface area (Å²) in [6.45, 7) is 1.86. The normalized spacial score (nSPS) is 6.62. The molecule has 0 spiro atoms. The molecule has 1 rings (SSSR count). The first-order valence-corrected chi connectivity index (χ1v) is 2.29. The number of aromatic nitrogens is 2. The van der Waals surface area contributed by atoms with E-state index in [9.17, 15) is 0 Å². The van der Waals surface area contributed by atoms with E-state index in [1.807, 2.05) is 6.92 Å². The Morgan fingerprint density at radius 3 is 2.38 bits per heavy atom. The second kappa shape index (κ2) is 5.79. The van der Waals surface area contributed by atoms with E-state index in [0.29, 0.717) is 0 Å². The second-order valence-corrected chi connectivity index (χ2v) is 1.49. The third kappa shape index (κ3) is 3.64. The molecule has 0 aliphatic rings. The Labute approximate surface area is 78.9 Å². The van der Waals surface area contributed by atoms with Crippen LogP contribution in [0, 0.1) is 13.1 Å². The van der Waals surface area contributed by atoms with Crippen molar-refractivity contribution in [1.29, 1.82) is 0 Å². The summed E-state index contributed by atoms with van der Waals surface area (Å²) in [5.74, 6) is 0. The van der Waals surface area contributed by atoms with Crippen molar-refractivity contribution in [3.63, 3.8) is 0 Å². The molecule has 0 N–H and O–H groups in total. The molecule has 0 aliphatic carbocycles. The van der Waals surface area contributed by atoms with E-state index in [1.54, 1.807) is 0 Å². The minimum absolute atomic E-state index is 0. The van der Waals surface area contributed by atoms with Gasteiger partial charge >= 0.3 is 0 Å². The molecule has 1 aromatic heterocycles. The van der Waals surface area contributed by atoms with Crippen molar-refractivity contribution in [3.8, 4) is 0 Å². The average Bonchev–Trinajstić information content (AvgIpc) is 1.86. The van der Waals surface area contributed by atoms with Crippen molar-refractivity contribution in [3.05, 3.63) is 11.9 Å². The van der Waals surface area contributed by atoms with Gasteiger partial charge < -0.3 is 10.6 Å². The monoisotopic (exact) mass is 204 g/mol. The van der Waals surface area contributed by atoms with Crippen LogP contribution < -0.4 is 0 Å². The van der Waals surface area contributed by atoms with Gasteiger partial charge in [-0.25, -0.2) is 4.37 Å². The molecule has 1 aromatic rings. The molecular formula is C4H7N2SY-. The molecule has 0 aromatic carbocycles. The molecule has 0 amide bonds. The van der Waals surface area contributed by atoms with Crippen LogP contribution >= 0.6 is 11.7 Å². The molecule has 0 saturated carbocycles. The van der Waals surface area contributed by atoms with Crippen LogP contribution in [0.2, 0.25) is 0 Å². The zero-order chi connectivity index (χ0) is 4.41. The van der Waals surface area contributed by atoms with Crippen LogP contribution in [-0.4, -0.2) is 8.75 Å². The van der Waals surface area contributed by atoms with Crippen molar-refractivity contribution in [2.24, 2.45) is 0 Å². The molecule has 0 bridgehead atoms. The fourth-order valence-corrected chi connectivity index (χ4v) is 0.566. The summed E-state index contributed by atoms with van der Waals surface area (Å²) < 4.78 is 7.42. The number of aryl methyl sites for hydroxylation is 1. The van der Waals surface area contributed by atoms with E-state index < -0.39 is 0 Å². The van der Waals surface area contributed by atoms with Gasteiger partial charge in [0.2, 0.25) is 0 Å². The summed E-state index contributed by atoms with van der Waals surface area (Å²) in [4.78, 5) is 0. The van der Waals surface area contributed by atoms with Gasteiger partial charge in [0.05, 0.1) is 0 Å². The molecule has 2 nitrogen and oxygen atoms in total. The maximum Gasteiger partial charge on any atom is 0.0262 e. The zero-order valence-electron chi connectivity index (χ0n) is 3.88. The van der Waals surface area contributed by atoms with Gasteiger partial charge in [0.15, 0.2) is 0 Å². The molecule has 8 heavy (non-hydrogen) atoms. The van der Waals surface area contributed by atoms with Gasteiger partial charge in [-0.15, -0.1) is 5.69 Å². The van der Waals surface area contributed by atoms with E-state index in [-0.39, 0.29) is 40.1 Å². The maximum absolute atomic E-state index is 3.79. The Kier molecular flexibility index (Phi) is 8.30. The van der Waals surface area contributed by atoms with Crippen LogP contribution in [0.25, 0.3) is 0 Å². The van der Waals surface area contributed by atoms with Crippen LogP contribution in [0.15, 0.2) is 0 Å². The summed E-state index contributed by atoms with van der Waals surface area (Å²) in [5.41, 5.74) is 0.875. The van der Waals surface area contributed by atoms with Crippen molar-refractivity contribution in [1.82, 2.24) is 8.75 Å². The Morgan fingerprint density at radius 1 is 1.62 bits per heavy atom. The van der Waals surface area contributed by atoms with E-state index in [2.05, 4.69) is 14.9 Å². The molecule has 0 atom stereocenters. The molecule has 0 unspecified atom stereocenters. The summed E-state index contributed by atoms with van der Waals surface area (Å²) in [6, 6.07) is 0. The predicted octanol–water partition coefficient (Wildman–Crippen LogP) is 1.28. The van der Waals surface area contributed by atoms with Gasteiger partial charge in [-0.1, -0.05) is 14.4 Å². The molecule has 1 heterocycles. The topological polar surface area (TPSA) is 25.8 Å². The summed E-state index contributed by atoms with van der Waals surface area (Å²) in [6.07, 6.45) is 2.66. The Balaban J connectivity index is 0. The molecule has 0 fully saturated rings. The van der Waals surface area contributed by atoms with Gasteiger partial charge in [0.25, 0.3) is 0 Å². The van der Waals surface area contributed by atoms with E-state index >= 15 is 0 Å². The van der Waals surface area contributed by atoms with Crippen LogP contribution in [0.4, 0.5) is 0 Å². The van der Waals surface area contributed by atoms with E-state index in [4.69, 9.17) is 0 Å². The molecule has 0 saturated heterocycles.